The molecule has 4 aromatic carbocycles. The first kappa shape index (κ1) is 25.2. The average molecular weight is 517 g/mol. The molecule has 7 heteroatoms. The molecule has 0 saturated carbocycles. The summed E-state index contributed by atoms with van der Waals surface area (Å²) < 4.78 is 28.5. The van der Waals surface area contributed by atoms with Gasteiger partial charge in [0.1, 0.15) is 0 Å². The Kier molecular flexibility index (Phi) is 7.58. The molecule has 1 amide bonds. The second-order valence-electron chi connectivity index (χ2n) is 8.35. The first-order chi connectivity index (χ1) is 17.2. The number of sulfonamides is 1. The van der Waals surface area contributed by atoms with E-state index in [-0.39, 0.29) is 10.8 Å². The fourth-order valence-corrected chi connectivity index (χ4v) is 4.92. The lowest BCUT2D eigenvalue weighted by atomic mass is 10.0. The molecule has 0 aromatic heterocycles. The summed E-state index contributed by atoms with van der Waals surface area (Å²) in [6, 6.07) is 28.2. The fourth-order valence-electron chi connectivity index (χ4n) is 3.61. The summed E-state index contributed by atoms with van der Waals surface area (Å²) in [7, 11) is -3.79. The van der Waals surface area contributed by atoms with Crippen LogP contribution in [-0.4, -0.2) is 14.3 Å². The van der Waals surface area contributed by atoms with E-state index in [4.69, 9.17) is 11.6 Å². The van der Waals surface area contributed by atoms with E-state index in [1.54, 1.807) is 30.3 Å². The molecule has 4 aromatic rings. The Balaban J connectivity index is 1.57. The quantitative estimate of drug-likeness (QED) is 0.206. The van der Waals surface area contributed by atoms with Gasteiger partial charge in [-0.15, -0.1) is 0 Å². The van der Waals surface area contributed by atoms with Crippen LogP contribution >= 0.6 is 11.6 Å². The molecule has 0 spiro atoms. The lowest BCUT2D eigenvalue weighted by Crippen LogP contribution is -2.15. The molecule has 0 aliphatic carbocycles. The van der Waals surface area contributed by atoms with Gasteiger partial charge in [-0.25, -0.2) is 8.42 Å². The van der Waals surface area contributed by atoms with E-state index in [9.17, 15) is 13.2 Å². The largest absolute Gasteiger partial charge is 0.322 e. The van der Waals surface area contributed by atoms with Gasteiger partial charge >= 0.3 is 0 Å². The van der Waals surface area contributed by atoms with Gasteiger partial charge in [-0.05, 0) is 78.6 Å². The zero-order valence-corrected chi connectivity index (χ0v) is 21.4. The van der Waals surface area contributed by atoms with Crippen LogP contribution in [0.25, 0.3) is 11.6 Å². The Labute approximate surface area is 216 Å². The molecule has 4 rings (SSSR count). The van der Waals surface area contributed by atoms with Crippen LogP contribution in [0, 0.1) is 13.8 Å². The minimum atomic E-state index is -3.79. The van der Waals surface area contributed by atoms with Gasteiger partial charge in [-0.3, -0.25) is 9.52 Å². The molecular formula is C29H25ClN2O3S. The number of hydrogen-bond acceptors (Lipinski definition) is 3. The van der Waals surface area contributed by atoms with Gasteiger partial charge in [0.15, 0.2) is 0 Å². The van der Waals surface area contributed by atoms with Crippen molar-refractivity contribution in [2.45, 2.75) is 18.7 Å². The van der Waals surface area contributed by atoms with Crippen LogP contribution < -0.4 is 10.0 Å². The highest BCUT2D eigenvalue weighted by Crippen LogP contribution is 2.26. The minimum Gasteiger partial charge on any atom is -0.322 e. The highest BCUT2D eigenvalue weighted by Gasteiger charge is 2.17. The van der Waals surface area contributed by atoms with Crippen LogP contribution in [0.2, 0.25) is 5.02 Å². The Morgan fingerprint density at radius 2 is 1.50 bits per heavy atom. The number of amides is 1. The molecule has 0 atom stereocenters. The van der Waals surface area contributed by atoms with Crippen LogP contribution in [0.3, 0.4) is 0 Å². The highest BCUT2D eigenvalue weighted by molar-refractivity contribution is 7.92. The Morgan fingerprint density at radius 1 is 0.833 bits per heavy atom. The molecule has 182 valence electrons. The Hall–Kier alpha value is -3.87. The number of hydrogen-bond donors (Lipinski definition) is 2. The summed E-state index contributed by atoms with van der Waals surface area (Å²) in [6.07, 6.45) is 1.74. The maximum absolute atomic E-state index is 13.3. The van der Waals surface area contributed by atoms with Gasteiger partial charge < -0.3 is 5.32 Å². The van der Waals surface area contributed by atoms with Crippen LogP contribution in [-0.2, 0) is 14.8 Å². The smallest absolute Gasteiger partial charge is 0.261 e. The van der Waals surface area contributed by atoms with Gasteiger partial charge in [0.25, 0.3) is 15.9 Å². The SMILES string of the molecule is Cc1ccc(C)c(NS(=O)(=O)c2ccc(NC(=O)/C(=C/c3ccccc3Cl)c3ccccc3)cc2)c1. The van der Waals surface area contributed by atoms with E-state index in [1.165, 1.54) is 12.1 Å². The van der Waals surface area contributed by atoms with E-state index in [0.29, 0.717) is 27.5 Å². The summed E-state index contributed by atoms with van der Waals surface area (Å²) in [4.78, 5) is 13.4. The zero-order valence-electron chi connectivity index (χ0n) is 19.8. The molecule has 0 fully saturated rings. The number of carbonyl (C=O) groups is 1. The topological polar surface area (TPSA) is 75.3 Å². The third-order valence-electron chi connectivity index (χ3n) is 5.59. The van der Waals surface area contributed by atoms with Crippen molar-refractivity contribution in [1.82, 2.24) is 0 Å². The van der Waals surface area contributed by atoms with Crippen molar-refractivity contribution in [3.63, 3.8) is 0 Å². The fraction of sp³-hybridized carbons (Fsp3) is 0.0690. The van der Waals surface area contributed by atoms with Crippen LogP contribution in [0.1, 0.15) is 22.3 Å². The number of halogens is 1. The van der Waals surface area contributed by atoms with Gasteiger partial charge in [0.05, 0.1) is 10.6 Å². The van der Waals surface area contributed by atoms with E-state index in [0.717, 1.165) is 16.7 Å². The standard InChI is InChI=1S/C29H25ClN2O3S/c1-20-12-13-21(2)28(18-20)32-36(34,35)25-16-14-24(15-17-25)31-29(33)26(22-8-4-3-5-9-22)19-23-10-6-7-11-27(23)30/h3-19,32H,1-2H3,(H,31,33)/b26-19+. The molecule has 0 unspecified atom stereocenters. The van der Waals surface area contributed by atoms with Gasteiger partial charge in [0.2, 0.25) is 0 Å². The summed E-state index contributed by atoms with van der Waals surface area (Å²) >= 11 is 6.32. The van der Waals surface area contributed by atoms with Crippen LogP contribution in [0.4, 0.5) is 11.4 Å². The molecule has 0 aliphatic rings. The summed E-state index contributed by atoms with van der Waals surface area (Å²) in [6.45, 7) is 3.75. The summed E-state index contributed by atoms with van der Waals surface area (Å²) in [5.74, 6) is -0.342. The van der Waals surface area contributed by atoms with Crippen molar-refractivity contribution < 1.29 is 13.2 Å². The number of anilines is 2. The van der Waals surface area contributed by atoms with Crippen LogP contribution in [0.5, 0.6) is 0 Å². The molecule has 5 nitrogen and oxygen atoms in total. The van der Waals surface area contributed by atoms with Crippen molar-refractivity contribution in [3.8, 4) is 0 Å². The van der Waals surface area contributed by atoms with Gasteiger partial charge in [-0.2, -0.15) is 0 Å². The first-order valence-electron chi connectivity index (χ1n) is 11.3. The first-order valence-corrected chi connectivity index (χ1v) is 13.1. The molecule has 0 bridgehead atoms. The van der Waals surface area contributed by atoms with Crippen molar-refractivity contribution in [2.24, 2.45) is 0 Å². The van der Waals surface area contributed by atoms with Crippen molar-refractivity contribution in [2.75, 3.05) is 10.0 Å². The number of benzene rings is 4. The normalized spacial score (nSPS) is 11.7. The summed E-state index contributed by atoms with van der Waals surface area (Å²) in [5, 5.41) is 3.39. The van der Waals surface area contributed by atoms with E-state index in [2.05, 4.69) is 10.0 Å². The number of nitrogens with one attached hydrogen (secondary N) is 2. The molecule has 0 heterocycles. The predicted octanol–water partition coefficient (Wildman–Crippen LogP) is 6.94. The highest BCUT2D eigenvalue weighted by atomic mass is 35.5. The third kappa shape index (κ3) is 6.03. The van der Waals surface area contributed by atoms with Gasteiger partial charge in [0, 0.05) is 16.3 Å². The van der Waals surface area contributed by atoms with E-state index in [1.807, 2.05) is 74.5 Å². The predicted molar refractivity (Wildman–Crippen MR) is 148 cm³/mol. The Bertz CT molecular complexity index is 1530. The Morgan fingerprint density at radius 3 is 2.19 bits per heavy atom. The van der Waals surface area contributed by atoms with Gasteiger partial charge in [-0.1, -0.05) is 72.3 Å². The number of aryl methyl sites for hydroxylation is 2. The van der Waals surface area contributed by atoms with Crippen molar-refractivity contribution in [1.29, 1.82) is 0 Å². The lowest BCUT2D eigenvalue weighted by Gasteiger charge is -2.13. The number of rotatable bonds is 7. The van der Waals surface area contributed by atoms with Crippen molar-refractivity contribution in [3.05, 3.63) is 124 Å². The molecule has 36 heavy (non-hydrogen) atoms. The molecular weight excluding hydrogens is 492 g/mol. The summed E-state index contributed by atoms with van der Waals surface area (Å²) in [5.41, 5.74) is 4.65. The third-order valence-corrected chi connectivity index (χ3v) is 7.32. The zero-order chi connectivity index (χ0) is 25.7. The number of carbonyl (C=O) groups excluding carboxylic acids is 1. The molecule has 0 saturated heterocycles. The maximum atomic E-state index is 13.3. The molecule has 0 radical (unpaired) electrons. The maximum Gasteiger partial charge on any atom is 0.261 e. The van der Waals surface area contributed by atoms with E-state index >= 15 is 0 Å². The van der Waals surface area contributed by atoms with Crippen molar-refractivity contribution >= 4 is 50.6 Å². The molecule has 0 aliphatic heterocycles. The minimum absolute atomic E-state index is 0.0938. The average Bonchev–Trinajstić information content (AvgIpc) is 2.86. The van der Waals surface area contributed by atoms with E-state index < -0.39 is 10.0 Å². The molecule has 2 N–H and O–H groups in total. The van der Waals surface area contributed by atoms with Crippen LogP contribution in [0.15, 0.2) is 102 Å². The second-order valence-corrected chi connectivity index (χ2v) is 10.4. The lowest BCUT2D eigenvalue weighted by molar-refractivity contribution is -0.111. The monoisotopic (exact) mass is 516 g/mol. The second kappa shape index (κ2) is 10.8.